The standard InChI is InChI=1S/C16H16N4O4/c1-23-15(21)11-7-9(3-5-13(11)17)19-20-10-4-6-14(18)12(8-10)16(22)24-2/h3-8H,17-18H2,1-2H3. The van der Waals surface area contributed by atoms with Gasteiger partial charge in [-0.2, -0.15) is 10.2 Å². The number of benzene rings is 2. The maximum Gasteiger partial charge on any atom is 0.340 e. The number of hydrogen-bond donors (Lipinski definition) is 2. The van der Waals surface area contributed by atoms with Crippen molar-refractivity contribution in [3.05, 3.63) is 47.5 Å². The van der Waals surface area contributed by atoms with Gasteiger partial charge >= 0.3 is 11.9 Å². The molecule has 2 aromatic carbocycles. The molecule has 4 N–H and O–H groups in total. The molecule has 24 heavy (non-hydrogen) atoms. The van der Waals surface area contributed by atoms with E-state index in [0.717, 1.165) is 0 Å². The van der Waals surface area contributed by atoms with Crippen molar-refractivity contribution < 1.29 is 19.1 Å². The van der Waals surface area contributed by atoms with Crippen LogP contribution in [0.1, 0.15) is 20.7 Å². The molecule has 2 aromatic rings. The Morgan fingerprint density at radius 1 is 0.792 bits per heavy atom. The third kappa shape index (κ3) is 3.67. The molecule has 0 aliphatic rings. The van der Waals surface area contributed by atoms with E-state index in [0.29, 0.717) is 11.4 Å². The van der Waals surface area contributed by atoms with Crippen molar-refractivity contribution in [2.75, 3.05) is 25.7 Å². The highest BCUT2D eigenvalue weighted by molar-refractivity contribution is 5.96. The second kappa shape index (κ2) is 7.23. The summed E-state index contributed by atoms with van der Waals surface area (Å²) in [4.78, 5) is 23.2. The summed E-state index contributed by atoms with van der Waals surface area (Å²) in [5.74, 6) is -1.13. The van der Waals surface area contributed by atoms with Crippen LogP contribution in [-0.2, 0) is 9.47 Å². The topological polar surface area (TPSA) is 129 Å². The minimum Gasteiger partial charge on any atom is -0.465 e. The minimum absolute atomic E-state index is 0.196. The Morgan fingerprint density at radius 3 is 1.50 bits per heavy atom. The molecule has 0 aliphatic heterocycles. The molecule has 8 nitrogen and oxygen atoms in total. The zero-order valence-electron chi connectivity index (χ0n) is 13.1. The molecule has 124 valence electrons. The zero-order valence-corrected chi connectivity index (χ0v) is 13.1. The number of carbonyl (C=O) groups excluding carboxylic acids is 2. The Bertz CT molecular complexity index is 750. The third-order valence-corrected chi connectivity index (χ3v) is 3.17. The lowest BCUT2D eigenvalue weighted by molar-refractivity contribution is 0.0593. The van der Waals surface area contributed by atoms with Crippen LogP contribution in [-0.4, -0.2) is 26.2 Å². The lowest BCUT2D eigenvalue weighted by Crippen LogP contribution is -2.05. The molecular formula is C16H16N4O4. The van der Waals surface area contributed by atoms with E-state index in [1.54, 1.807) is 12.1 Å². The number of nitrogens with zero attached hydrogens (tertiary/aromatic N) is 2. The molecular weight excluding hydrogens is 312 g/mol. The van der Waals surface area contributed by atoms with Gasteiger partial charge in [0.15, 0.2) is 0 Å². The molecule has 0 radical (unpaired) electrons. The number of esters is 2. The first-order chi connectivity index (χ1) is 11.5. The van der Waals surface area contributed by atoms with Gasteiger partial charge in [0.2, 0.25) is 0 Å². The number of nitrogens with two attached hydrogens (primary N) is 2. The molecule has 0 aliphatic carbocycles. The molecule has 0 spiro atoms. The van der Waals surface area contributed by atoms with E-state index in [1.807, 2.05) is 0 Å². The fourth-order valence-corrected chi connectivity index (χ4v) is 1.90. The minimum atomic E-state index is -0.565. The van der Waals surface area contributed by atoms with Crippen molar-refractivity contribution >= 4 is 34.7 Å². The Balaban J connectivity index is 2.31. The van der Waals surface area contributed by atoms with Crippen LogP contribution in [0, 0.1) is 0 Å². The maximum atomic E-state index is 11.6. The molecule has 0 unspecified atom stereocenters. The van der Waals surface area contributed by atoms with Crippen LogP contribution < -0.4 is 11.5 Å². The number of nitrogen functional groups attached to an aromatic ring is 2. The predicted octanol–water partition coefficient (Wildman–Crippen LogP) is 2.84. The number of carbonyl (C=O) groups is 2. The highest BCUT2D eigenvalue weighted by atomic mass is 16.5. The van der Waals surface area contributed by atoms with Crippen LogP contribution >= 0.6 is 0 Å². The quantitative estimate of drug-likeness (QED) is 0.504. The number of azo groups is 1. The van der Waals surface area contributed by atoms with Crippen LogP contribution in [0.4, 0.5) is 22.7 Å². The van der Waals surface area contributed by atoms with E-state index >= 15 is 0 Å². The largest absolute Gasteiger partial charge is 0.465 e. The molecule has 0 amide bonds. The number of rotatable bonds is 4. The average Bonchev–Trinajstić information content (AvgIpc) is 2.60. The lowest BCUT2D eigenvalue weighted by atomic mass is 10.1. The van der Waals surface area contributed by atoms with Crippen LogP contribution in [0.5, 0.6) is 0 Å². The summed E-state index contributed by atoms with van der Waals surface area (Å²) in [5.41, 5.74) is 13.2. The summed E-state index contributed by atoms with van der Waals surface area (Å²) in [5, 5.41) is 8.04. The molecule has 8 heteroatoms. The number of methoxy groups -OCH3 is 2. The summed E-state index contributed by atoms with van der Waals surface area (Å²) in [6.07, 6.45) is 0. The third-order valence-electron chi connectivity index (χ3n) is 3.17. The summed E-state index contributed by atoms with van der Waals surface area (Å²) in [6, 6.07) is 9.19. The Labute approximate surface area is 138 Å². The summed E-state index contributed by atoms with van der Waals surface area (Å²) in [6.45, 7) is 0. The first-order valence-corrected chi connectivity index (χ1v) is 6.83. The molecule has 0 saturated heterocycles. The summed E-state index contributed by atoms with van der Waals surface area (Å²) < 4.78 is 9.29. The Kier molecular flexibility index (Phi) is 5.10. The second-order valence-corrected chi connectivity index (χ2v) is 4.73. The van der Waals surface area contributed by atoms with Gasteiger partial charge in [-0.25, -0.2) is 9.59 Å². The van der Waals surface area contributed by atoms with Crippen molar-refractivity contribution in [2.45, 2.75) is 0 Å². The van der Waals surface area contributed by atoms with Crippen LogP contribution in [0.25, 0.3) is 0 Å². The highest BCUT2D eigenvalue weighted by Crippen LogP contribution is 2.25. The molecule has 0 atom stereocenters. The van der Waals surface area contributed by atoms with Gasteiger partial charge in [0.1, 0.15) is 0 Å². The van der Waals surface area contributed by atoms with Crippen LogP contribution in [0.3, 0.4) is 0 Å². The van der Waals surface area contributed by atoms with E-state index < -0.39 is 11.9 Å². The Morgan fingerprint density at radius 2 is 1.17 bits per heavy atom. The van der Waals surface area contributed by atoms with Crippen molar-refractivity contribution in [3.8, 4) is 0 Å². The van der Waals surface area contributed by atoms with Gasteiger partial charge in [-0.05, 0) is 36.4 Å². The first kappa shape index (κ1) is 16.9. The van der Waals surface area contributed by atoms with E-state index in [9.17, 15) is 9.59 Å². The van der Waals surface area contributed by atoms with Gasteiger partial charge in [0.25, 0.3) is 0 Å². The van der Waals surface area contributed by atoms with E-state index in [4.69, 9.17) is 11.5 Å². The van der Waals surface area contributed by atoms with E-state index in [2.05, 4.69) is 19.7 Å². The van der Waals surface area contributed by atoms with Crippen LogP contribution in [0.2, 0.25) is 0 Å². The highest BCUT2D eigenvalue weighted by Gasteiger charge is 2.12. The fraction of sp³-hybridized carbons (Fsp3) is 0.125. The number of anilines is 2. The summed E-state index contributed by atoms with van der Waals surface area (Å²) in [7, 11) is 2.53. The predicted molar refractivity (Wildman–Crippen MR) is 88.6 cm³/mol. The average molecular weight is 328 g/mol. The van der Waals surface area contributed by atoms with Gasteiger partial charge in [0.05, 0.1) is 36.7 Å². The first-order valence-electron chi connectivity index (χ1n) is 6.83. The lowest BCUT2D eigenvalue weighted by Gasteiger charge is -2.05. The second-order valence-electron chi connectivity index (χ2n) is 4.73. The van der Waals surface area contributed by atoms with Gasteiger partial charge in [0, 0.05) is 11.4 Å². The zero-order chi connectivity index (χ0) is 17.7. The number of ether oxygens (including phenoxy) is 2. The normalized spacial score (nSPS) is 10.6. The summed E-state index contributed by atoms with van der Waals surface area (Å²) >= 11 is 0. The molecule has 0 aromatic heterocycles. The SMILES string of the molecule is COC(=O)c1cc(N=Nc2ccc(N)c(C(=O)OC)c2)ccc1N. The van der Waals surface area contributed by atoms with Gasteiger partial charge in [-0.3, -0.25) is 0 Å². The molecule has 0 saturated carbocycles. The molecule has 0 bridgehead atoms. The van der Waals surface area contributed by atoms with Gasteiger partial charge in [-0.15, -0.1) is 0 Å². The van der Waals surface area contributed by atoms with E-state index in [-0.39, 0.29) is 22.5 Å². The monoisotopic (exact) mass is 328 g/mol. The van der Waals surface area contributed by atoms with Crippen molar-refractivity contribution in [2.24, 2.45) is 10.2 Å². The van der Waals surface area contributed by atoms with Crippen molar-refractivity contribution in [3.63, 3.8) is 0 Å². The smallest absolute Gasteiger partial charge is 0.340 e. The fourth-order valence-electron chi connectivity index (χ4n) is 1.90. The maximum absolute atomic E-state index is 11.6. The van der Waals surface area contributed by atoms with Crippen LogP contribution in [0.15, 0.2) is 46.6 Å². The van der Waals surface area contributed by atoms with Crippen molar-refractivity contribution in [1.82, 2.24) is 0 Å². The van der Waals surface area contributed by atoms with Gasteiger partial charge < -0.3 is 20.9 Å². The van der Waals surface area contributed by atoms with Gasteiger partial charge in [-0.1, -0.05) is 0 Å². The van der Waals surface area contributed by atoms with E-state index in [1.165, 1.54) is 38.5 Å². The molecule has 0 fully saturated rings. The Hall–Kier alpha value is -3.42. The molecule has 0 heterocycles. The van der Waals surface area contributed by atoms with Crippen molar-refractivity contribution in [1.29, 1.82) is 0 Å². The number of hydrogen-bond acceptors (Lipinski definition) is 8. The molecule has 2 rings (SSSR count).